The third-order valence-electron chi connectivity index (χ3n) is 3.26. The monoisotopic (exact) mass is 325 g/mol. The Morgan fingerprint density at radius 2 is 2.14 bits per heavy atom. The third-order valence-corrected chi connectivity index (χ3v) is 4.27. The van der Waals surface area contributed by atoms with E-state index in [4.69, 9.17) is 4.52 Å². The normalized spacial score (nSPS) is 18.8. The van der Waals surface area contributed by atoms with Crippen molar-refractivity contribution in [1.82, 2.24) is 15.4 Å². The van der Waals surface area contributed by atoms with Crippen LogP contribution in [0.5, 0.6) is 0 Å². The molecule has 1 saturated heterocycles. The van der Waals surface area contributed by atoms with E-state index < -0.39 is 6.04 Å². The van der Waals surface area contributed by atoms with Crippen LogP contribution in [0.4, 0.5) is 0 Å². The van der Waals surface area contributed by atoms with Gasteiger partial charge in [-0.2, -0.15) is 0 Å². The Morgan fingerprint density at radius 3 is 2.68 bits per heavy atom. The van der Waals surface area contributed by atoms with Gasteiger partial charge >= 0.3 is 0 Å². The highest BCUT2D eigenvalue weighted by Gasteiger charge is 2.37. The Kier molecular flexibility index (Phi) is 4.84. The zero-order chi connectivity index (χ0) is 16.5. The number of hydrogen-bond donors (Lipinski definition) is 1. The van der Waals surface area contributed by atoms with Gasteiger partial charge in [0.2, 0.25) is 5.91 Å². The number of nitrogens with one attached hydrogen (secondary N) is 1. The molecule has 0 radical (unpaired) electrons. The van der Waals surface area contributed by atoms with Crippen LogP contribution in [-0.2, 0) is 4.79 Å². The molecule has 0 aromatic carbocycles. The second-order valence-corrected chi connectivity index (χ2v) is 7.80. The Balaban J connectivity index is 2.12. The molecular weight excluding hydrogens is 302 g/mol. The summed E-state index contributed by atoms with van der Waals surface area (Å²) in [6, 6.07) is 1.20. The van der Waals surface area contributed by atoms with Crippen molar-refractivity contribution in [2.24, 2.45) is 0 Å². The fraction of sp³-hybridized carbons (Fsp3) is 0.667. The van der Waals surface area contributed by atoms with Gasteiger partial charge < -0.3 is 14.7 Å². The fourth-order valence-electron chi connectivity index (χ4n) is 2.12. The van der Waals surface area contributed by atoms with Crippen molar-refractivity contribution >= 4 is 23.6 Å². The van der Waals surface area contributed by atoms with Crippen LogP contribution >= 0.6 is 11.8 Å². The number of aromatic nitrogens is 1. The summed E-state index contributed by atoms with van der Waals surface area (Å²) in [5, 5.41) is 6.77. The van der Waals surface area contributed by atoms with Gasteiger partial charge in [-0.1, -0.05) is 19.0 Å². The molecule has 22 heavy (non-hydrogen) atoms. The summed E-state index contributed by atoms with van der Waals surface area (Å²) in [7, 11) is 0. The molecule has 1 fully saturated rings. The van der Waals surface area contributed by atoms with Gasteiger partial charge in [-0.15, -0.1) is 11.8 Å². The van der Waals surface area contributed by atoms with Gasteiger partial charge in [0.05, 0.1) is 5.88 Å². The summed E-state index contributed by atoms with van der Waals surface area (Å²) in [5.41, 5.74) is -0.0580. The first-order valence-electron chi connectivity index (χ1n) is 7.36. The molecule has 7 heteroatoms. The molecule has 1 aliphatic heterocycles. The first-order valence-corrected chi connectivity index (χ1v) is 8.52. The fourth-order valence-corrected chi connectivity index (χ4v) is 3.28. The number of rotatable bonds is 3. The van der Waals surface area contributed by atoms with Crippen LogP contribution in [0.1, 0.15) is 56.8 Å². The molecule has 6 nitrogen and oxygen atoms in total. The van der Waals surface area contributed by atoms with Crippen LogP contribution in [-0.4, -0.2) is 45.1 Å². The van der Waals surface area contributed by atoms with E-state index in [-0.39, 0.29) is 29.0 Å². The average molecular weight is 325 g/mol. The number of carbonyl (C=O) groups is 2. The minimum absolute atomic E-state index is 0.126. The molecule has 2 amide bonds. The number of amides is 2. The van der Waals surface area contributed by atoms with E-state index in [0.717, 1.165) is 0 Å². The van der Waals surface area contributed by atoms with E-state index in [1.807, 2.05) is 34.6 Å². The Hall–Kier alpha value is -1.50. The number of thioether (sulfide) groups is 1. The van der Waals surface area contributed by atoms with Crippen molar-refractivity contribution in [3.05, 3.63) is 17.5 Å². The molecule has 1 aromatic rings. The zero-order valence-electron chi connectivity index (χ0n) is 13.7. The highest BCUT2D eigenvalue weighted by Crippen LogP contribution is 2.24. The predicted octanol–water partition coefficient (Wildman–Crippen LogP) is 2.23. The molecule has 2 heterocycles. The zero-order valence-corrected chi connectivity index (χ0v) is 14.5. The summed E-state index contributed by atoms with van der Waals surface area (Å²) in [6.07, 6.45) is 0. The Labute approximate surface area is 135 Å². The molecule has 0 bridgehead atoms. The largest absolute Gasteiger partial charge is 0.360 e. The van der Waals surface area contributed by atoms with Gasteiger partial charge in [0, 0.05) is 23.3 Å². The predicted molar refractivity (Wildman–Crippen MR) is 85.8 cm³/mol. The summed E-state index contributed by atoms with van der Waals surface area (Å²) >= 11 is 1.57. The lowest BCUT2D eigenvalue weighted by atomic mass is 10.1. The second-order valence-electron chi connectivity index (χ2n) is 6.80. The second kappa shape index (κ2) is 6.32. The van der Waals surface area contributed by atoms with Gasteiger partial charge in [0.25, 0.3) is 5.91 Å². The highest BCUT2D eigenvalue weighted by atomic mass is 32.2. The quantitative estimate of drug-likeness (QED) is 0.922. The molecule has 1 N–H and O–H groups in total. The molecule has 2 rings (SSSR count). The van der Waals surface area contributed by atoms with Gasteiger partial charge in [0.15, 0.2) is 5.69 Å². The van der Waals surface area contributed by atoms with Crippen molar-refractivity contribution < 1.29 is 14.1 Å². The lowest BCUT2D eigenvalue weighted by Gasteiger charge is -2.27. The maximum Gasteiger partial charge on any atom is 0.277 e. The first-order chi connectivity index (χ1) is 10.2. The third kappa shape index (κ3) is 3.82. The maximum absolute atomic E-state index is 12.6. The number of nitrogens with zero attached hydrogens (tertiary/aromatic N) is 2. The average Bonchev–Trinajstić information content (AvgIpc) is 3.05. The lowest BCUT2D eigenvalue weighted by Crippen LogP contribution is -2.52. The molecule has 0 spiro atoms. The van der Waals surface area contributed by atoms with Crippen molar-refractivity contribution in [2.45, 2.75) is 52.1 Å². The molecular formula is C15H23N3O3S. The van der Waals surface area contributed by atoms with Crippen LogP contribution in [0.2, 0.25) is 0 Å². The minimum Gasteiger partial charge on any atom is -0.360 e. The Bertz CT molecular complexity index is 563. The van der Waals surface area contributed by atoms with Crippen LogP contribution < -0.4 is 5.32 Å². The maximum atomic E-state index is 12.6. The molecule has 1 aliphatic rings. The van der Waals surface area contributed by atoms with Crippen molar-refractivity contribution in [3.63, 3.8) is 0 Å². The Morgan fingerprint density at radius 1 is 1.45 bits per heavy atom. The number of hydrogen-bond acceptors (Lipinski definition) is 5. The lowest BCUT2D eigenvalue weighted by molar-refractivity contribution is -0.125. The summed E-state index contributed by atoms with van der Waals surface area (Å²) in [5.74, 6) is 1.55. The van der Waals surface area contributed by atoms with E-state index in [1.54, 1.807) is 22.7 Å². The number of carbonyl (C=O) groups excluding carboxylic acids is 2. The summed E-state index contributed by atoms with van der Waals surface area (Å²) < 4.78 is 5.18. The molecule has 1 aromatic heterocycles. The van der Waals surface area contributed by atoms with Crippen molar-refractivity contribution in [2.75, 3.05) is 11.6 Å². The minimum atomic E-state index is -0.462. The SMILES string of the molecule is CC(C)c1cc(C(=O)N2CSC[C@H]2C(=O)NC(C)(C)C)no1. The van der Waals surface area contributed by atoms with Gasteiger partial charge in [-0.3, -0.25) is 9.59 Å². The molecule has 0 unspecified atom stereocenters. The summed E-state index contributed by atoms with van der Waals surface area (Å²) in [4.78, 5) is 26.5. The van der Waals surface area contributed by atoms with Crippen molar-refractivity contribution in [3.8, 4) is 0 Å². The molecule has 0 aliphatic carbocycles. The van der Waals surface area contributed by atoms with E-state index >= 15 is 0 Å². The van der Waals surface area contributed by atoms with Gasteiger partial charge in [-0.25, -0.2) is 0 Å². The van der Waals surface area contributed by atoms with Gasteiger partial charge in [-0.05, 0) is 20.8 Å². The molecule has 0 saturated carbocycles. The first kappa shape index (κ1) is 16.9. The molecule has 1 atom stereocenters. The van der Waals surface area contributed by atoms with E-state index in [2.05, 4.69) is 10.5 Å². The smallest absolute Gasteiger partial charge is 0.277 e. The van der Waals surface area contributed by atoms with Crippen molar-refractivity contribution in [1.29, 1.82) is 0 Å². The van der Waals surface area contributed by atoms with Crippen LogP contribution in [0.3, 0.4) is 0 Å². The highest BCUT2D eigenvalue weighted by molar-refractivity contribution is 7.99. The van der Waals surface area contributed by atoms with E-state index in [0.29, 0.717) is 17.4 Å². The van der Waals surface area contributed by atoms with Gasteiger partial charge in [0.1, 0.15) is 11.8 Å². The topological polar surface area (TPSA) is 75.4 Å². The van der Waals surface area contributed by atoms with Crippen LogP contribution in [0, 0.1) is 0 Å². The van der Waals surface area contributed by atoms with Crippen LogP contribution in [0.15, 0.2) is 10.6 Å². The molecule has 122 valence electrons. The van der Waals surface area contributed by atoms with Crippen LogP contribution in [0.25, 0.3) is 0 Å². The standard InChI is InChI=1S/C15H23N3O3S/c1-9(2)12-6-10(17-21-12)14(20)18-8-22-7-11(18)13(19)16-15(3,4)5/h6,9,11H,7-8H2,1-5H3,(H,16,19)/t11-/m0/s1. The summed E-state index contributed by atoms with van der Waals surface area (Å²) in [6.45, 7) is 9.71. The van der Waals surface area contributed by atoms with E-state index in [9.17, 15) is 9.59 Å². The van der Waals surface area contributed by atoms with E-state index in [1.165, 1.54) is 0 Å².